The van der Waals surface area contributed by atoms with E-state index in [1.807, 2.05) is 0 Å². The zero-order chi connectivity index (χ0) is 6.15. The number of halogens is 3. The molecule has 0 aliphatic heterocycles. The van der Waals surface area contributed by atoms with Crippen molar-refractivity contribution in [1.82, 2.24) is 0 Å². The Morgan fingerprint density at radius 2 is 1.50 bits per heavy atom. The third-order valence-corrected chi connectivity index (χ3v) is 2.37. The molecule has 1 aliphatic carbocycles. The summed E-state index contributed by atoms with van der Waals surface area (Å²) in [6.45, 7) is 0. The van der Waals surface area contributed by atoms with Crippen LogP contribution in [0.2, 0.25) is 0 Å². The number of alkyl halides is 3. The lowest BCUT2D eigenvalue weighted by molar-refractivity contribution is 0.199. The second-order valence-corrected chi connectivity index (χ2v) is 3.86. The van der Waals surface area contributed by atoms with Gasteiger partial charge in [-0.3, -0.25) is 0 Å². The van der Waals surface area contributed by atoms with Crippen molar-refractivity contribution in [1.29, 1.82) is 0 Å². The van der Waals surface area contributed by atoms with Gasteiger partial charge >= 0.3 is 0 Å². The Hall–Kier alpha value is 0.590. The predicted molar refractivity (Wildman–Crippen MR) is 36.8 cm³/mol. The summed E-state index contributed by atoms with van der Waals surface area (Å²) in [5.41, 5.74) is 0. The van der Waals surface area contributed by atoms with E-state index in [-0.39, 0.29) is 3.92 Å². The fourth-order valence-corrected chi connectivity index (χ4v) is 1.85. The lowest BCUT2D eigenvalue weighted by Crippen LogP contribution is -2.06. The van der Waals surface area contributed by atoms with Gasteiger partial charge in [0.1, 0.15) is 12.3 Å². The maximum absolute atomic E-state index is 12.2. The third-order valence-electron chi connectivity index (χ3n) is 1.35. The number of rotatable bonds is 0. The van der Waals surface area contributed by atoms with E-state index >= 15 is 0 Å². The van der Waals surface area contributed by atoms with Crippen molar-refractivity contribution in [2.24, 2.45) is 0 Å². The highest BCUT2D eigenvalue weighted by Crippen LogP contribution is 2.30. The quantitative estimate of drug-likeness (QED) is 0.444. The monoisotopic (exact) mass is 232 g/mol. The van der Waals surface area contributed by atoms with Crippen molar-refractivity contribution in [2.75, 3.05) is 0 Å². The lowest BCUT2D eigenvalue weighted by atomic mass is 10.3. The Morgan fingerprint density at radius 1 is 1.12 bits per heavy atom. The molecule has 0 spiro atoms. The van der Waals surface area contributed by atoms with E-state index in [0.717, 1.165) is 0 Å². The van der Waals surface area contributed by atoms with Gasteiger partial charge in [-0.1, -0.05) is 22.6 Å². The first-order valence-corrected chi connectivity index (χ1v) is 3.87. The summed E-state index contributed by atoms with van der Waals surface area (Å²) >= 11 is 2.08. The van der Waals surface area contributed by atoms with Crippen molar-refractivity contribution >= 4 is 22.6 Å². The molecule has 2 atom stereocenters. The first-order chi connectivity index (χ1) is 3.70. The predicted octanol–water partition coefficient (Wildman–Crippen LogP) is 2.26. The van der Waals surface area contributed by atoms with Gasteiger partial charge in [0.15, 0.2) is 0 Å². The summed E-state index contributed by atoms with van der Waals surface area (Å²) in [4.78, 5) is 0. The fraction of sp³-hybridized carbons (Fsp3) is 1.00. The highest BCUT2D eigenvalue weighted by molar-refractivity contribution is 14.1. The molecule has 0 nitrogen and oxygen atoms in total. The van der Waals surface area contributed by atoms with Gasteiger partial charge < -0.3 is 0 Å². The molecule has 2 unspecified atom stereocenters. The second kappa shape index (κ2) is 2.45. The van der Waals surface area contributed by atoms with Crippen molar-refractivity contribution in [3.05, 3.63) is 0 Å². The Kier molecular flexibility index (Phi) is 2.06. The first-order valence-electron chi connectivity index (χ1n) is 2.62. The molecule has 0 aromatic heterocycles. The molecule has 8 heavy (non-hydrogen) atoms. The molecule has 0 heterocycles. The smallest absolute Gasteiger partial charge is 0.132 e. The van der Waals surface area contributed by atoms with Crippen LogP contribution in [0.3, 0.4) is 0 Å². The minimum atomic E-state index is -1.18. The van der Waals surface area contributed by atoms with Crippen LogP contribution < -0.4 is 0 Å². The summed E-state index contributed by atoms with van der Waals surface area (Å²) in [5, 5.41) is 0. The minimum Gasteiger partial charge on any atom is -0.244 e. The van der Waals surface area contributed by atoms with Gasteiger partial charge in [-0.15, -0.1) is 0 Å². The molecule has 0 radical (unpaired) electrons. The first kappa shape index (κ1) is 6.71. The average molecular weight is 232 g/mol. The normalized spacial score (nSPS) is 47.6. The molecular formula is C5H7F2I. The SMILES string of the molecule is FC1CC(I)CC1F. The third kappa shape index (κ3) is 1.30. The van der Waals surface area contributed by atoms with E-state index in [9.17, 15) is 8.78 Å². The molecular weight excluding hydrogens is 225 g/mol. The Bertz CT molecular complexity index is 76.5. The summed E-state index contributed by atoms with van der Waals surface area (Å²) in [7, 11) is 0. The summed E-state index contributed by atoms with van der Waals surface area (Å²) in [6.07, 6.45) is -1.56. The highest BCUT2D eigenvalue weighted by Gasteiger charge is 2.32. The minimum absolute atomic E-state index is 0.220. The largest absolute Gasteiger partial charge is 0.244 e. The Morgan fingerprint density at radius 3 is 1.62 bits per heavy atom. The standard InChI is InChI=1S/C5H7F2I/c6-4-1-3(8)2-5(4)7/h3-5H,1-2H2. The summed E-state index contributed by atoms with van der Waals surface area (Å²) < 4.78 is 24.6. The molecule has 1 saturated carbocycles. The number of hydrogen-bond acceptors (Lipinski definition) is 0. The second-order valence-electron chi connectivity index (χ2n) is 2.10. The lowest BCUT2D eigenvalue weighted by Gasteiger charge is -1.96. The molecule has 0 aromatic rings. The molecule has 0 saturated heterocycles. The van der Waals surface area contributed by atoms with Gasteiger partial charge in [0.05, 0.1) is 0 Å². The van der Waals surface area contributed by atoms with Gasteiger partial charge in [0.2, 0.25) is 0 Å². The Labute approximate surface area is 60.8 Å². The van der Waals surface area contributed by atoms with Crippen LogP contribution in [0.25, 0.3) is 0 Å². The van der Waals surface area contributed by atoms with Crippen LogP contribution >= 0.6 is 22.6 Å². The van der Waals surface area contributed by atoms with Crippen LogP contribution in [-0.4, -0.2) is 16.3 Å². The molecule has 0 N–H and O–H groups in total. The summed E-state index contributed by atoms with van der Waals surface area (Å²) in [6, 6.07) is 0. The van der Waals surface area contributed by atoms with Crippen LogP contribution in [0.1, 0.15) is 12.8 Å². The van der Waals surface area contributed by atoms with E-state index in [1.165, 1.54) is 0 Å². The van der Waals surface area contributed by atoms with E-state index < -0.39 is 12.3 Å². The van der Waals surface area contributed by atoms with Gasteiger partial charge in [-0.05, 0) is 12.8 Å². The van der Waals surface area contributed by atoms with Crippen molar-refractivity contribution in [2.45, 2.75) is 29.1 Å². The van der Waals surface area contributed by atoms with Crippen LogP contribution in [0.15, 0.2) is 0 Å². The maximum atomic E-state index is 12.2. The topological polar surface area (TPSA) is 0 Å². The van der Waals surface area contributed by atoms with Crippen molar-refractivity contribution < 1.29 is 8.78 Å². The molecule has 1 aliphatic rings. The fourth-order valence-electron chi connectivity index (χ4n) is 0.880. The Balaban J connectivity index is 2.39. The molecule has 48 valence electrons. The van der Waals surface area contributed by atoms with Crippen LogP contribution in [0.4, 0.5) is 8.78 Å². The molecule has 0 aromatic carbocycles. The van der Waals surface area contributed by atoms with E-state index in [2.05, 4.69) is 22.6 Å². The van der Waals surface area contributed by atoms with E-state index in [4.69, 9.17) is 0 Å². The van der Waals surface area contributed by atoms with Crippen molar-refractivity contribution in [3.63, 3.8) is 0 Å². The van der Waals surface area contributed by atoms with E-state index in [1.54, 1.807) is 0 Å². The number of hydrogen-bond donors (Lipinski definition) is 0. The maximum Gasteiger partial charge on any atom is 0.132 e. The van der Waals surface area contributed by atoms with Gasteiger partial charge in [-0.25, -0.2) is 8.78 Å². The van der Waals surface area contributed by atoms with Gasteiger partial charge in [0.25, 0.3) is 0 Å². The molecule has 0 bridgehead atoms. The zero-order valence-electron chi connectivity index (χ0n) is 4.28. The van der Waals surface area contributed by atoms with Crippen LogP contribution in [-0.2, 0) is 0 Å². The van der Waals surface area contributed by atoms with Crippen molar-refractivity contribution in [3.8, 4) is 0 Å². The highest BCUT2D eigenvalue weighted by atomic mass is 127. The molecule has 1 fully saturated rings. The van der Waals surface area contributed by atoms with Gasteiger partial charge in [0, 0.05) is 3.92 Å². The zero-order valence-corrected chi connectivity index (χ0v) is 6.44. The van der Waals surface area contributed by atoms with Crippen LogP contribution in [0.5, 0.6) is 0 Å². The van der Waals surface area contributed by atoms with Crippen LogP contribution in [0, 0.1) is 0 Å². The average Bonchev–Trinajstić information content (AvgIpc) is 1.85. The molecule has 1 rings (SSSR count). The van der Waals surface area contributed by atoms with E-state index in [0.29, 0.717) is 12.8 Å². The van der Waals surface area contributed by atoms with Gasteiger partial charge in [-0.2, -0.15) is 0 Å². The molecule has 0 amide bonds. The summed E-state index contributed by atoms with van der Waals surface area (Å²) in [5.74, 6) is 0. The molecule has 3 heteroatoms.